The van der Waals surface area contributed by atoms with Crippen LogP contribution in [-0.2, 0) is 4.79 Å². The van der Waals surface area contributed by atoms with Crippen LogP contribution >= 0.6 is 24.8 Å². The number of hydrogen-bond acceptors (Lipinski definition) is 3. The molecule has 0 aromatic heterocycles. The fourth-order valence-corrected chi connectivity index (χ4v) is 1.81. The van der Waals surface area contributed by atoms with Crippen LogP contribution in [0.3, 0.4) is 0 Å². The zero-order chi connectivity index (χ0) is 13.4. The van der Waals surface area contributed by atoms with Crippen LogP contribution in [-0.4, -0.2) is 45.0 Å². The minimum atomic E-state index is 0. The molecule has 116 valence electrons. The van der Waals surface area contributed by atoms with Crippen LogP contribution in [0, 0.1) is 0 Å². The molecule has 0 saturated heterocycles. The molecule has 1 unspecified atom stereocenters. The Kier molecular flexibility index (Phi) is 12.9. The Balaban J connectivity index is 0. The molecular formula is C14H25Cl2N3O. The van der Waals surface area contributed by atoms with E-state index in [0.717, 1.165) is 0 Å². The molecule has 4 nitrogen and oxygen atoms in total. The van der Waals surface area contributed by atoms with Crippen molar-refractivity contribution in [2.24, 2.45) is 0 Å². The highest BCUT2D eigenvalue weighted by atomic mass is 35.5. The fraction of sp³-hybridized carbons (Fsp3) is 0.500. The highest BCUT2D eigenvalue weighted by Crippen LogP contribution is 2.16. The van der Waals surface area contributed by atoms with Gasteiger partial charge in [0.15, 0.2) is 0 Å². The second-order valence-electron chi connectivity index (χ2n) is 4.55. The standard InChI is InChI=1S/C14H23N3O.2ClH/c1-15-10-9-14(18)16-11-13(17(2)3)12-7-5-4-6-8-12;;/h4-8,13,15H,9-11H2,1-3H3,(H,16,18);2*1H. The molecule has 0 radical (unpaired) electrons. The zero-order valence-corrected chi connectivity index (χ0v) is 13.9. The third kappa shape index (κ3) is 7.70. The lowest BCUT2D eigenvalue weighted by Gasteiger charge is -2.25. The Morgan fingerprint density at radius 2 is 1.80 bits per heavy atom. The van der Waals surface area contributed by atoms with Crippen LogP contribution in [0.5, 0.6) is 0 Å². The minimum absolute atomic E-state index is 0. The fourth-order valence-electron chi connectivity index (χ4n) is 1.81. The van der Waals surface area contributed by atoms with E-state index >= 15 is 0 Å². The van der Waals surface area contributed by atoms with E-state index in [1.54, 1.807) is 0 Å². The number of rotatable bonds is 7. The van der Waals surface area contributed by atoms with Crippen molar-refractivity contribution >= 4 is 30.7 Å². The van der Waals surface area contributed by atoms with Crippen LogP contribution in [0.15, 0.2) is 30.3 Å². The van der Waals surface area contributed by atoms with Gasteiger partial charge < -0.3 is 15.5 Å². The van der Waals surface area contributed by atoms with E-state index in [9.17, 15) is 4.79 Å². The Bertz CT molecular complexity index is 361. The first kappa shape index (κ1) is 21.5. The highest BCUT2D eigenvalue weighted by Gasteiger charge is 2.14. The summed E-state index contributed by atoms with van der Waals surface area (Å²) in [5, 5.41) is 5.95. The molecule has 1 aromatic rings. The predicted octanol–water partition coefficient (Wildman–Crippen LogP) is 1.86. The van der Waals surface area contributed by atoms with Crippen molar-refractivity contribution in [3.63, 3.8) is 0 Å². The molecule has 0 heterocycles. The van der Waals surface area contributed by atoms with Crippen molar-refractivity contribution in [1.82, 2.24) is 15.5 Å². The van der Waals surface area contributed by atoms with Gasteiger partial charge in [-0.1, -0.05) is 30.3 Å². The normalized spacial score (nSPS) is 11.2. The maximum Gasteiger partial charge on any atom is 0.221 e. The molecule has 0 spiro atoms. The van der Waals surface area contributed by atoms with E-state index in [2.05, 4.69) is 27.7 Å². The molecule has 1 amide bonds. The smallest absolute Gasteiger partial charge is 0.221 e. The maximum absolute atomic E-state index is 11.6. The maximum atomic E-state index is 11.6. The monoisotopic (exact) mass is 321 g/mol. The van der Waals surface area contributed by atoms with E-state index in [1.165, 1.54) is 5.56 Å². The van der Waals surface area contributed by atoms with Crippen molar-refractivity contribution < 1.29 is 4.79 Å². The van der Waals surface area contributed by atoms with Gasteiger partial charge in [0.1, 0.15) is 0 Å². The predicted molar refractivity (Wildman–Crippen MR) is 88.9 cm³/mol. The lowest BCUT2D eigenvalue weighted by Crippen LogP contribution is -2.35. The number of hydrogen-bond donors (Lipinski definition) is 2. The average Bonchev–Trinajstić information content (AvgIpc) is 2.37. The summed E-state index contributed by atoms with van der Waals surface area (Å²) < 4.78 is 0. The van der Waals surface area contributed by atoms with Gasteiger partial charge in [-0.2, -0.15) is 0 Å². The third-order valence-corrected chi connectivity index (χ3v) is 2.90. The molecule has 1 atom stereocenters. The first-order valence-corrected chi connectivity index (χ1v) is 6.28. The summed E-state index contributed by atoms with van der Waals surface area (Å²) in [7, 11) is 5.90. The highest BCUT2D eigenvalue weighted by molar-refractivity contribution is 5.85. The van der Waals surface area contributed by atoms with Crippen molar-refractivity contribution in [1.29, 1.82) is 0 Å². The minimum Gasteiger partial charge on any atom is -0.354 e. The molecular weight excluding hydrogens is 297 g/mol. The van der Waals surface area contributed by atoms with Crippen molar-refractivity contribution in [3.05, 3.63) is 35.9 Å². The molecule has 2 N–H and O–H groups in total. The first-order valence-electron chi connectivity index (χ1n) is 6.28. The summed E-state index contributed by atoms with van der Waals surface area (Å²) in [5.74, 6) is 0.0899. The second-order valence-corrected chi connectivity index (χ2v) is 4.55. The SMILES string of the molecule is CNCCC(=O)NCC(c1ccccc1)N(C)C.Cl.Cl. The van der Waals surface area contributed by atoms with Gasteiger partial charge in [0.2, 0.25) is 5.91 Å². The molecule has 1 rings (SSSR count). The summed E-state index contributed by atoms with van der Waals surface area (Å²) in [6, 6.07) is 10.4. The summed E-state index contributed by atoms with van der Waals surface area (Å²) in [5.41, 5.74) is 1.22. The van der Waals surface area contributed by atoms with Crippen LogP contribution in [0.2, 0.25) is 0 Å². The van der Waals surface area contributed by atoms with Gasteiger partial charge in [0.05, 0.1) is 6.04 Å². The molecule has 0 aliphatic carbocycles. The average molecular weight is 322 g/mol. The van der Waals surface area contributed by atoms with Crippen molar-refractivity contribution in [2.75, 3.05) is 34.2 Å². The summed E-state index contributed by atoms with van der Waals surface area (Å²) in [6.07, 6.45) is 0.519. The summed E-state index contributed by atoms with van der Waals surface area (Å²) in [6.45, 7) is 1.35. The molecule has 0 saturated carbocycles. The Labute approximate surface area is 134 Å². The van der Waals surface area contributed by atoms with Gasteiger partial charge in [-0.25, -0.2) is 0 Å². The van der Waals surface area contributed by atoms with Crippen molar-refractivity contribution in [2.45, 2.75) is 12.5 Å². The number of carbonyl (C=O) groups excluding carboxylic acids is 1. The Morgan fingerprint density at radius 1 is 1.20 bits per heavy atom. The third-order valence-electron chi connectivity index (χ3n) is 2.90. The summed E-state index contributed by atoms with van der Waals surface area (Å²) in [4.78, 5) is 13.7. The van der Waals surface area contributed by atoms with Gasteiger partial charge in [0.25, 0.3) is 0 Å². The van der Waals surface area contributed by atoms with Gasteiger partial charge in [-0.3, -0.25) is 4.79 Å². The lowest BCUT2D eigenvalue weighted by molar-refractivity contribution is -0.121. The molecule has 0 bridgehead atoms. The number of benzene rings is 1. The molecule has 1 aromatic carbocycles. The number of nitrogens with zero attached hydrogens (tertiary/aromatic N) is 1. The lowest BCUT2D eigenvalue weighted by atomic mass is 10.1. The summed E-state index contributed by atoms with van der Waals surface area (Å²) >= 11 is 0. The largest absolute Gasteiger partial charge is 0.354 e. The van der Waals surface area contributed by atoms with E-state index in [0.29, 0.717) is 19.5 Å². The quantitative estimate of drug-likeness (QED) is 0.805. The molecule has 0 aliphatic heterocycles. The second kappa shape index (κ2) is 12.0. The van der Waals surface area contributed by atoms with E-state index in [1.807, 2.05) is 39.3 Å². The Hall–Kier alpha value is -0.810. The molecule has 20 heavy (non-hydrogen) atoms. The number of carbonyl (C=O) groups is 1. The van der Waals surface area contributed by atoms with Gasteiger partial charge >= 0.3 is 0 Å². The molecule has 0 aliphatic rings. The van der Waals surface area contributed by atoms with E-state index < -0.39 is 0 Å². The van der Waals surface area contributed by atoms with Crippen LogP contribution in [0.25, 0.3) is 0 Å². The number of likely N-dealkylation sites (N-methyl/N-ethyl adjacent to an activating group) is 1. The van der Waals surface area contributed by atoms with Gasteiger partial charge in [-0.15, -0.1) is 24.8 Å². The van der Waals surface area contributed by atoms with E-state index in [-0.39, 0.29) is 36.8 Å². The first-order chi connectivity index (χ1) is 8.65. The zero-order valence-electron chi connectivity index (χ0n) is 12.3. The molecule has 6 heteroatoms. The number of halogens is 2. The van der Waals surface area contributed by atoms with Gasteiger partial charge in [0, 0.05) is 19.5 Å². The van der Waals surface area contributed by atoms with Crippen LogP contribution in [0.1, 0.15) is 18.0 Å². The van der Waals surface area contributed by atoms with E-state index in [4.69, 9.17) is 0 Å². The molecule has 0 fully saturated rings. The Morgan fingerprint density at radius 3 is 2.30 bits per heavy atom. The van der Waals surface area contributed by atoms with Gasteiger partial charge in [-0.05, 0) is 26.7 Å². The van der Waals surface area contributed by atoms with Crippen LogP contribution in [0.4, 0.5) is 0 Å². The number of nitrogens with one attached hydrogen (secondary N) is 2. The van der Waals surface area contributed by atoms with Crippen LogP contribution < -0.4 is 10.6 Å². The number of amides is 1. The topological polar surface area (TPSA) is 44.4 Å². The van der Waals surface area contributed by atoms with Crippen molar-refractivity contribution in [3.8, 4) is 0 Å².